The highest BCUT2D eigenvalue weighted by atomic mass is 32.1. The van der Waals surface area contributed by atoms with Crippen molar-refractivity contribution in [2.24, 2.45) is 0 Å². The van der Waals surface area contributed by atoms with Gasteiger partial charge in [-0.05, 0) is 35.4 Å². The summed E-state index contributed by atoms with van der Waals surface area (Å²) in [6.45, 7) is 0.591. The van der Waals surface area contributed by atoms with E-state index in [2.05, 4.69) is 22.4 Å². The van der Waals surface area contributed by atoms with Crippen LogP contribution in [-0.2, 0) is 13.0 Å². The lowest BCUT2D eigenvalue weighted by Gasteiger charge is -2.17. The fraction of sp³-hybridized carbons (Fsp3) is 0.211. The maximum absolute atomic E-state index is 13.0. The van der Waals surface area contributed by atoms with Gasteiger partial charge in [0, 0.05) is 23.9 Å². The summed E-state index contributed by atoms with van der Waals surface area (Å²) in [5.41, 5.74) is 4.21. The molecule has 0 saturated heterocycles. The van der Waals surface area contributed by atoms with Crippen molar-refractivity contribution in [3.8, 4) is 10.6 Å². The Hall–Kier alpha value is -2.08. The van der Waals surface area contributed by atoms with E-state index in [9.17, 15) is 9.50 Å². The predicted octanol–water partition coefficient (Wildman–Crippen LogP) is 3.70. The number of fused-ring (bicyclic) bond motifs is 1. The van der Waals surface area contributed by atoms with Gasteiger partial charge in [0.05, 0.1) is 17.8 Å². The molecule has 122 valence electrons. The van der Waals surface area contributed by atoms with Crippen molar-refractivity contribution in [2.75, 3.05) is 0 Å². The average molecular weight is 340 g/mol. The summed E-state index contributed by atoms with van der Waals surface area (Å²) < 4.78 is 13.0. The highest BCUT2D eigenvalue weighted by molar-refractivity contribution is 7.13. The number of hydrogen-bond donors (Lipinski definition) is 2. The van der Waals surface area contributed by atoms with E-state index in [1.165, 1.54) is 23.3 Å². The number of aliphatic hydroxyl groups excluding tert-OH is 1. The number of benzene rings is 2. The number of thiazole rings is 1. The van der Waals surface area contributed by atoms with Crippen LogP contribution >= 0.6 is 11.3 Å². The largest absolute Gasteiger partial charge is 0.391 e. The van der Waals surface area contributed by atoms with Gasteiger partial charge in [0.1, 0.15) is 10.8 Å². The lowest BCUT2D eigenvalue weighted by Crippen LogP contribution is -2.28. The third kappa shape index (κ3) is 2.98. The molecule has 1 aliphatic rings. The maximum Gasteiger partial charge on any atom is 0.123 e. The van der Waals surface area contributed by atoms with Crippen LogP contribution in [0.4, 0.5) is 4.39 Å². The van der Waals surface area contributed by atoms with E-state index >= 15 is 0 Å². The Labute approximate surface area is 143 Å². The van der Waals surface area contributed by atoms with Crippen LogP contribution < -0.4 is 5.32 Å². The van der Waals surface area contributed by atoms with Crippen LogP contribution in [-0.4, -0.2) is 16.2 Å². The van der Waals surface area contributed by atoms with Crippen LogP contribution in [0.3, 0.4) is 0 Å². The Morgan fingerprint density at radius 1 is 1.17 bits per heavy atom. The molecule has 0 bridgehead atoms. The number of rotatable bonds is 4. The molecule has 1 aromatic heterocycles. The van der Waals surface area contributed by atoms with Crippen LogP contribution in [0, 0.1) is 5.82 Å². The number of halogens is 1. The van der Waals surface area contributed by atoms with E-state index in [0.717, 1.165) is 16.3 Å². The first-order valence-electron chi connectivity index (χ1n) is 7.90. The Morgan fingerprint density at radius 3 is 2.79 bits per heavy atom. The Balaban J connectivity index is 1.46. The van der Waals surface area contributed by atoms with Gasteiger partial charge in [-0.1, -0.05) is 24.3 Å². The van der Waals surface area contributed by atoms with Crippen LogP contribution in [0.25, 0.3) is 10.6 Å². The monoisotopic (exact) mass is 340 g/mol. The second kappa shape index (κ2) is 6.43. The number of hydrogen-bond acceptors (Lipinski definition) is 4. The number of nitrogens with one attached hydrogen (secondary N) is 1. The van der Waals surface area contributed by atoms with Crippen LogP contribution in [0.1, 0.15) is 22.9 Å². The van der Waals surface area contributed by atoms with Crippen molar-refractivity contribution >= 4 is 11.3 Å². The minimum absolute atomic E-state index is 0.0582. The lowest BCUT2D eigenvalue weighted by molar-refractivity contribution is 0.140. The highest BCUT2D eigenvalue weighted by Crippen LogP contribution is 2.31. The van der Waals surface area contributed by atoms with E-state index in [1.807, 2.05) is 17.5 Å². The first-order valence-corrected chi connectivity index (χ1v) is 8.78. The molecule has 2 N–H and O–H groups in total. The summed E-state index contributed by atoms with van der Waals surface area (Å²) in [5.74, 6) is -0.244. The molecule has 0 radical (unpaired) electrons. The summed E-state index contributed by atoms with van der Waals surface area (Å²) in [6, 6.07) is 14.4. The van der Waals surface area contributed by atoms with Crippen LogP contribution in [0.15, 0.2) is 53.9 Å². The van der Waals surface area contributed by atoms with E-state index in [1.54, 1.807) is 23.5 Å². The molecule has 0 unspecified atom stereocenters. The first-order chi connectivity index (χ1) is 11.7. The molecule has 2 atom stereocenters. The zero-order valence-corrected chi connectivity index (χ0v) is 13.8. The Bertz CT molecular complexity index is 847. The fourth-order valence-corrected chi connectivity index (χ4v) is 3.97. The molecule has 0 saturated carbocycles. The number of nitrogens with zero attached hydrogens (tertiary/aromatic N) is 1. The highest BCUT2D eigenvalue weighted by Gasteiger charge is 2.30. The minimum atomic E-state index is -0.405. The third-order valence-electron chi connectivity index (χ3n) is 4.35. The van der Waals surface area contributed by atoms with Crippen molar-refractivity contribution < 1.29 is 9.50 Å². The number of aliphatic hydroxyl groups is 1. The van der Waals surface area contributed by atoms with E-state index in [4.69, 9.17) is 0 Å². The normalized spacial score (nSPS) is 19.4. The summed E-state index contributed by atoms with van der Waals surface area (Å²) >= 11 is 1.54. The molecule has 0 fully saturated rings. The van der Waals surface area contributed by atoms with Crippen molar-refractivity contribution in [2.45, 2.75) is 25.1 Å². The van der Waals surface area contributed by atoms with Gasteiger partial charge in [-0.3, -0.25) is 0 Å². The van der Waals surface area contributed by atoms with Gasteiger partial charge in [0.15, 0.2) is 0 Å². The molecular formula is C19H17FN2OS. The lowest BCUT2D eigenvalue weighted by atomic mass is 10.1. The maximum atomic E-state index is 13.0. The smallest absolute Gasteiger partial charge is 0.123 e. The molecular weight excluding hydrogens is 323 g/mol. The molecule has 0 aliphatic heterocycles. The van der Waals surface area contributed by atoms with E-state index < -0.39 is 6.10 Å². The Morgan fingerprint density at radius 2 is 1.96 bits per heavy atom. The number of aromatic nitrogens is 1. The summed E-state index contributed by atoms with van der Waals surface area (Å²) in [4.78, 5) is 4.60. The molecule has 0 amide bonds. The quantitative estimate of drug-likeness (QED) is 0.761. The SMILES string of the molecule is O[C@H]1Cc2ccccc2[C@H]1NCc1csc(-c2ccc(F)cc2)n1. The average Bonchev–Trinajstić information content (AvgIpc) is 3.17. The molecule has 2 aromatic carbocycles. The van der Waals surface area contributed by atoms with Crippen LogP contribution in [0.2, 0.25) is 0 Å². The zero-order chi connectivity index (χ0) is 16.5. The van der Waals surface area contributed by atoms with Crippen molar-refractivity contribution in [3.05, 3.63) is 76.5 Å². The zero-order valence-electron chi connectivity index (χ0n) is 12.9. The summed E-state index contributed by atoms with van der Waals surface area (Å²) in [7, 11) is 0. The molecule has 3 aromatic rings. The van der Waals surface area contributed by atoms with Crippen LogP contribution in [0.5, 0.6) is 0 Å². The van der Waals surface area contributed by atoms with Crippen molar-refractivity contribution in [1.82, 2.24) is 10.3 Å². The third-order valence-corrected chi connectivity index (χ3v) is 5.29. The van der Waals surface area contributed by atoms with Gasteiger partial charge in [-0.25, -0.2) is 9.37 Å². The molecule has 24 heavy (non-hydrogen) atoms. The van der Waals surface area contributed by atoms with Gasteiger partial charge >= 0.3 is 0 Å². The molecule has 4 rings (SSSR count). The summed E-state index contributed by atoms with van der Waals surface area (Å²) in [6.07, 6.45) is 0.281. The second-order valence-electron chi connectivity index (χ2n) is 5.98. The fourth-order valence-electron chi connectivity index (χ4n) is 3.15. The first kappa shape index (κ1) is 15.4. The molecule has 0 spiro atoms. The van der Waals surface area contributed by atoms with Gasteiger partial charge in [0.2, 0.25) is 0 Å². The van der Waals surface area contributed by atoms with E-state index in [-0.39, 0.29) is 11.9 Å². The molecule has 1 heterocycles. The van der Waals surface area contributed by atoms with E-state index in [0.29, 0.717) is 13.0 Å². The topological polar surface area (TPSA) is 45.1 Å². The van der Waals surface area contributed by atoms with Crippen molar-refractivity contribution in [1.29, 1.82) is 0 Å². The molecule has 1 aliphatic carbocycles. The van der Waals surface area contributed by atoms with Gasteiger partial charge in [-0.2, -0.15) is 0 Å². The standard InChI is InChI=1S/C19H17FN2OS/c20-14-7-5-12(6-8-14)19-22-15(11-24-19)10-21-18-16-4-2-1-3-13(16)9-17(18)23/h1-8,11,17-18,21,23H,9-10H2/t17-,18+/m0/s1. The van der Waals surface area contributed by atoms with Crippen molar-refractivity contribution in [3.63, 3.8) is 0 Å². The van der Waals surface area contributed by atoms with Gasteiger partial charge in [0.25, 0.3) is 0 Å². The van der Waals surface area contributed by atoms with Gasteiger partial charge in [-0.15, -0.1) is 11.3 Å². The second-order valence-corrected chi connectivity index (χ2v) is 6.84. The Kier molecular flexibility index (Phi) is 4.14. The van der Waals surface area contributed by atoms with Gasteiger partial charge < -0.3 is 10.4 Å². The predicted molar refractivity (Wildman–Crippen MR) is 93.2 cm³/mol. The minimum Gasteiger partial charge on any atom is -0.391 e. The molecule has 3 nitrogen and oxygen atoms in total. The summed E-state index contributed by atoms with van der Waals surface area (Å²) in [5, 5.41) is 16.6. The molecule has 5 heteroatoms.